The Hall–Kier alpha value is -1.06. The van der Waals surface area contributed by atoms with Crippen molar-refractivity contribution >= 4 is 22.6 Å². The topological polar surface area (TPSA) is 43.8 Å². The van der Waals surface area contributed by atoms with Gasteiger partial charge in [0, 0.05) is 11.6 Å². The summed E-state index contributed by atoms with van der Waals surface area (Å²) in [4.78, 5) is 4.66. The minimum atomic E-state index is 0.0705. The van der Waals surface area contributed by atoms with E-state index in [9.17, 15) is 0 Å². The molecule has 90 valence electrons. The van der Waals surface area contributed by atoms with Gasteiger partial charge in [0.2, 0.25) is 0 Å². The van der Waals surface area contributed by atoms with Crippen molar-refractivity contribution in [2.75, 3.05) is 0 Å². The van der Waals surface area contributed by atoms with Crippen LogP contribution in [0.1, 0.15) is 31.6 Å². The maximum absolute atomic E-state index is 6.26. The fourth-order valence-electron chi connectivity index (χ4n) is 2.37. The first-order chi connectivity index (χ1) is 8.20. The summed E-state index contributed by atoms with van der Waals surface area (Å²) in [5.74, 6) is 1.62. The molecule has 1 atom stereocenters. The van der Waals surface area contributed by atoms with Crippen molar-refractivity contribution in [3.8, 4) is 0 Å². The van der Waals surface area contributed by atoms with Crippen LogP contribution in [0.4, 0.5) is 0 Å². The average molecular weight is 250 g/mol. The Bertz CT molecular complexity index is 557. The van der Waals surface area contributed by atoms with Gasteiger partial charge in [-0.25, -0.2) is 4.98 Å². The Kier molecular flexibility index (Phi) is 2.60. The highest BCUT2D eigenvalue weighted by Gasteiger charge is 2.32. The first-order valence-corrected chi connectivity index (χ1v) is 6.49. The van der Waals surface area contributed by atoms with Crippen LogP contribution < -0.4 is 5.73 Å². The van der Waals surface area contributed by atoms with Gasteiger partial charge in [-0.05, 0) is 43.9 Å². The minimum absolute atomic E-state index is 0.0705. The number of imidazole rings is 1. The van der Waals surface area contributed by atoms with Gasteiger partial charge in [0.15, 0.2) is 0 Å². The van der Waals surface area contributed by atoms with Gasteiger partial charge in [-0.15, -0.1) is 0 Å². The van der Waals surface area contributed by atoms with Gasteiger partial charge in [-0.2, -0.15) is 0 Å². The quantitative estimate of drug-likeness (QED) is 0.908. The smallest absolute Gasteiger partial charge is 0.127 e. The predicted molar refractivity (Wildman–Crippen MR) is 70.1 cm³/mol. The molecule has 0 amide bonds. The minimum Gasteiger partial charge on any atom is -0.327 e. The predicted octanol–water partition coefficient (Wildman–Crippen LogP) is 3.12. The molecule has 1 aromatic carbocycles. The standard InChI is InChI=1S/C13H16ClN3/c1-2-17-11-6-5-9(14)7-10(11)16-13(17)12(15)8-3-4-8/h5-8,12H,2-4,15H2,1H3. The molecule has 3 rings (SSSR count). The lowest BCUT2D eigenvalue weighted by atomic mass is 10.2. The van der Waals surface area contributed by atoms with Crippen LogP contribution in [0.25, 0.3) is 11.0 Å². The SMILES string of the molecule is CCn1c(C(N)C2CC2)nc2cc(Cl)ccc21. The second-order valence-corrected chi connectivity index (χ2v) is 5.15. The molecule has 0 saturated heterocycles. The zero-order valence-corrected chi connectivity index (χ0v) is 10.6. The van der Waals surface area contributed by atoms with Crippen molar-refractivity contribution in [3.63, 3.8) is 0 Å². The lowest BCUT2D eigenvalue weighted by Crippen LogP contribution is -2.18. The van der Waals surface area contributed by atoms with E-state index in [0.717, 1.165) is 28.4 Å². The molecule has 1 aliphatic rings. The van der Waals surface area contributed by atoms with E-state index in [2.05, 4.69) is 16.5 Å². The van der Waals surface area contributed by atoms with E-state index in [1.54, 1.807) is 0 Å². The lowest BCUT2D eigenvalue weighted by Gasteiger charge is -2.12. The summed E-state index contributed by atoms with van der Waals surface area (Å²) in [5.41, 5.74) is 8.34. The normalized spacial score (nSPS) is 17.6. The van der Waals surface area contributed by atoms with E-state index in [1.807, 2.05) is 18.2 Å². The van der Waals surface area contributed by atoms with Crippen LogP contribution in [0.5, 0.6) is 0 Å². The van der Waals surface area contributed by atoms with Crippen molar-refractivity contribution in [2.45, 2.75) is 32.4 Å². The van der Waals surface area contributed by atoms with Crippen LogP contribution in [0.2, 0.25) is 5.02 Å². The summed E-state index contributed by atoms with van der Waals surface area (Å²) >= 11 is 6.00. The second-order valence-electron chi connectivity index (χ2n) is 4.71. The van der Waals surface area contributed by atoms with Crippen LogP contribution >= 0.6 is 11.6 Å². The number of hydrogen-bond acceptors (Lipinski definition) is 2. The van der Waals surface area contributed by atoms with Gasteiger partial charge in [0.05, 0.1) is 17.1 Å². The van der Waals surface area contributed by atoms with Crippen molar-refractivity contribution in [1.29, 1.82) is 0 Å². The first kappa shape index (κ1) is 11.1. The van der Waals surface area contributed by atoms with Crippen LogP contribution in [0.3, 0.4) is 0 Å². The molecular weight excluding hydrogens is 234 g/mol. The number of fused-ring (bicyclic) bond motifs is 1. The summed E-state index contributed by atoms with van der Waals surface area (Å²) in [6.45, 7) is 3.02. The maximum atomic E-state index is 6.26. The van der Waals surface area contributed by atoms with Crippen LogP contribution in [0, 0.1) is 5.92 Å². The number of hydrogen-bond donors (Lipinski definition) is 1. The third-order valence-electron chi connectivity index (χ3n) is 3.48. The third-order valence-corrected chi connectivity index (χ3v) is 3.72. The van der Waals surface area contributed by atoms with Gasteiger partial charge in [-0.3, -0.25) is 0 Å². The number of nitrogens with two attached hydrogens (primary N) is 1. The first-order valence-electron chi connectivity index (χ1n) is 6.12. The van der Waals surface area contributed by atoms with Gasteiger partial charge in [-0.1, -0.05) is 11.6 Å². The monoisotopic (exact) mass is 249 g/mol. The Morgan fingerprint density at radius 3 is 2.94 bits per heavy atom. The molecule has 1 heterocycles. The Labute approximate surface area is 106 Å². The highest BCUT2D eigenvalue weighted by molar-refractivity contribution is 6.31. The summed E-state index contributed by atoms with van der Waals surface area (Å²) in [6.07, 6.45) is 2.46. The number of benzene rings is 1. The molecular formula is C13H16ClN3. The molecule has 17 heavy (non-hydrogen) atoms. The van der Waals surface area contributed by atoms with E-state index in [0.29, 0.717) is 5.92 Å². The highest BCUT2D eigenvalue weighted by atomic mass is 35.5. The number of nitrogens with zero attached hydrogens (tertiary/aromatic N) is 2. The summed E-state index contributed by atoms with van der Waals surface area (Å²) in [7, 11) is 0. The third kappa shape index (κ3) is 1.83. The van der Waals surface area contributed by atoms with Crippen LogP contribution in [-0.4, -0.2) is 9.55 Å². The molecule has 4 heteroatoms. The molecule has 0 aliphatic heterocycles. The molecule has 0 bridgehead atoms. The lowest BCUT2D eigenvalue weighted by molar-refractivity contribution is 0.557. The molecule has 0 radical (unpaired) electrons. The molecule has 1 aliphatic carbocycles. The number of aryl methyl sites for hydroxylation is 1. The van der Waals surface area contributed by atoms with Gasteiger partial charge in [0.1, 0.15) is 5.82 Å². The van der Waals surface area contributed by atoms with Crippen molar-refractivity contribution in [2.24, 2.45) is 11.7 Å². The Balaban J connectivity index is 2.16. The number of halogens is 1. The zero-order valence-electron chi connectivity index (χ0n) is 9.86. The molecule has 1 aromatic heterocycles. The van der Waals surface area contributed by atoms with Gasteiger partial charge >= 0.3 is 0 Å². The molecule has 3 nitrogen and oxygen atoms in total. The van der Waals surface area contributed by atoms with Crippen molar-refractivity contribution < 1.29 is 0 Å². The van der Waals surface area contributed by atoms with Crippen molar-refractivity contribution in [3.05, 3.63) is 29.0 Å². The van der Waals surface area contributed by atoms with Gasteiger partial charge < -0.3 is 10.3 Å². The molecule has 1 fully saturated rings. The molecule has 1 unspecified atom stereocenters. The maximum Gasteiger partial charge on any atom is 0.127 e. The molecule has 0 spiro atoms. The van der Waals surface area contributed by atoms with E-state index in [1.165, 1.54) is 12.8 Å². The van der Waals surface area contributed by atoms with Gasteiger partial charge in [0.25, 0.3) is 0 Å². The zero-order chi connectivity index (χ0) is 12.0. The number of aromatic nitrogens is 2. The fraction of sp³-hybridized carbons (Fsp3) is 0.462. The van der Waals surface area contributed by atoms with E-state index < -0.39 is 0 Å². The Morgan fingerprint density at radius 1 is 1.53 bits per heavy atom. The summed E-state index contributed by atoms with van der Waals surface area (Å²) in [6, 6.07) is 5.91. The molecule has 2 aromatic rings. The molecule has 1 saturated carbocycles. The molecule has 2 N–H and O–H groups in total. The fourth-order valence-corrected chi connectivity index (χ4v) is 2.54. The van der Waals surface area contributed by atoms with E-state index in [4.69, 9.17) is 17.3 Å². The van der Waals surface area contributed by atoms with E-state index in [-0.39, 0.29) is 6.04 Å². The Morgan fingerprint density at radius 2 is 2.29 bits per heavy atom. The van der Waals surface area contributed by atoms with Crippen LogP contribution in [0.15, 0.2) is 18.2 Å². The number of rotatable bonds is 3. The van der Waals surface area contributed by atoms with Crippen molar-refractivity contribution in [1.82, 2.24) is 9.55 Å². The summed E-state index contributed by atoms with van der Waals surface area (Å²) < 4.78 is 2.20. The largest absolute Gasteiger partial charge is 0.327 e. The highest BCUT2D eigenvalue weighted by Crippen LogP contribution is 2.39. The van der Waals surface area contributed by atoms with E-state index >= 15 is 0 Å². The summed E-state index contributed by atoms with van der Waals surface area (Å²) in [5, 5.41) is 0.727. The van der Waals surface area contributed by atoms with Crippen LogP contribution in [-0.2, 0) is 6.54 Å². The second kappa shape index (κ2) is 4.00. The average Bonchev–Trinajstić information content (AvgIpc) is 3.09.